The van der Waals surface area contributed by atoms with Gasteiger partial charge in [0.15, 0.2) is 0 Å². The molecule has 0 fully saturated rings. The summed E-state index contributed by atoms with van der Waals surface area (Å²) >= 11 is 7.64. The molecule has 74 valence electrons. The molecule has 0 radical (unpaired) electrons. The molecular formula is C10H8BrIOS. The van der Waals surface area contributed by atoms with Gasteiger partial charge in [0.05, 0.1) is 10.2 Å². The van der Waals surface area contributed by atoms with E-state index in [9.17, 15) is 0 Å². The zero-order valence-corrected chi connectivity index (χ0v) is 12.1. The summed E-state index contributed by atoms with van der Waals surface area (Å²) < 4.78 is 9.19. The zero-order valence-electron chi connectivity index (χ0n) is 7.51. The normalized spacial score (nSPS) is 10.8. The highest BCUT2D eigenvalue weighted by Gasteiger charge is 2.09. The molecule has 0 unspecified atom stereocenters. The number of rotatable bonds is 2. The van der Waals surface area contributed by atoms with Crippen molar-refractivity contribution >= 4 is 59.9 Å². The van der Waals surface area contributed by atoms with Gasteiger partial charge in [-0.1, -0.05) is 0 Å². The summed E-state index contributed by atoms with van der Waals surface area (Å²) in [6, 6.07) is 4.15. The summed E-state index contributed by atoms with van der Waals surface area (Å²) in [5, 5.41) is 3.38. The Morgan fingerprint density at radius 1 is 1.50 bits per heavy atom. The predicted octanol–water partition coefficient (Wildman–Crippen LogP) is 4.67. The zero-order chi connectivity index (χ0) is 10.1. The summed E-state index contributed by atoms with van der Waals surface area (Å²) in [6.07, 6.45) is 0. The van der Waals surface area contributed by atoms with E-state index in [0.717, 1.165) is 10.2 Å². The molecule has 1 aromatic heterocycles. The van der Waals surface area contributed by atoms with Gasteiger partial charge in [0.1, 0.15) is 5.75 Å². The molecule has 2 aromatic rings. The van der Waals surface area contributed by atoms with Crippen LogP contribution in [0.1, 0.15) is 6.92 Å². The van der Waals surface area contributed by atoms with E-state index in [2.05, 4.69) is 50.0 Å². The van der Waals surface area contributed by atoms with Gasteiger partial charge in [-0.15, -0.1) is 11.3 Å². The van der Waals surface area contributed by atoms with Crippen LogP contribution in [0.4, 0.5) is 0 Å². The molecule has 0 aliphatic rings. The molecule has 0 spiro atoms. The molecule has 0 saturated heterocycles. The number of hydrogen-bond donors (Lipinski definition) is 0. The minimum atomic E-state index is 0.712. The topological polar surface area (TPSA) is 9.23 Å². The number of benzene rings is 1. The van der Waals surface area contributed by atoms with Crippen LogP contribution in [0.2, 0.25) is 0 Å². The maximum absolute atomic E-state index is 5.55. The number of fused-ring (bicyclic) bond motifs is 1. The van der Waals surface area contributed by atoms with Crippen LogP contribution in [0.25, 0.3) is 10.1 Å². The number of ether oxygens (including phenoxy) is 1. The molecule has 0 bridgehead atoms. The lowest BCUT2D eigenvalue weighted by Gasteiger charge is -2.06. The van der Waals surface area contributed by atoms with Crippen molar-refractivity contribution in [3.63, 3.8) is 0 Å². The van der Waals surface area contributed by atoms with Crippen LogP contribution in [0.15, 0.2) is 22.0 Å². The summed E-state index contributed by atoms with van der Waals surface area (Å²) in [6.45, 7) is 2.71. The Labute approximate surface area is 109 Å². The molecule has 0 saturated carbocycles. The Morgan fingerprint density at radius 2 is 2.29 bits per heavy atom. The van der Waals surface area contributed by atoms with Crippen LogP contribution in [0, 0.1) is 3.57 Å². The second-order valence-electron chi connectivity index (χ2n) is 2.77. The molecule has 0 aliphatic heterocycles. The van der Waals surface area contributed by atoms with E-state index in [1.807, 2.05) is 13.0 Å². The van der Waals surface area contributed by atoms with Crippen LogP contribution >= 0.6 is 49.9 Å². The van der Waals surface area contributed by atoms with E-state index >= 15 is 0 Å². The molecule has 2 rings (SSSR count). The first-order valence-electron chi connectivity index (χ1n) is 4.22. The summed E-state index contributed by atoms with van der Waals surface area (Å²) in [4.78, 5) is 0. The van der Waals surface area contributed by atoms with Crippen LogP contribution in [-0.4, -0.2) is 6.61 Å². The second-order valence-corrected chi connectivity index (χ2v) is 5.61. The van der Waals surface area contributed by atoms with Crippen molar-refractivity contribution in [2.75, 3.05) is 6.61 Å². The lowest BCUT2D eigenvalue weighted by atomic mass is 10.2. The maximum Gasteiger partial charge on any atom is 0.133 e. The van der Waals surface area contributed by atoms with Crippen molar-refractivity contribution in [1.29, 1.82) is 0 Å². The number of thiophene rings is 1. The fourth-order valence-electron chi connectivity index (χ4n) is 1.30. The predicted molar refractivity (Wildman–Crippen MR) is 73.4 cm³/mol. The maximum atomic E-state index is 5.55. The molecule has 0 amide bonds. The second kappa shape index (κ2) is 4.37. The van der Waals surface area contributed by atoms with Crippen LogP contribution in [0.5, 0.6) is 5.75 Å². The first-order valence-corrected chi connectivity index (χ1v) is 6.97. The van der Waals surface area contributed by atoms with Gasteiger partial charge in [-0.3, -0.25) is 0 Å². The fourth-order valence-corrected chi connectivity index (χ4v) is 4.42. The van der Waals surface area contributed by atoms with E-state index in [1.54, 1.807) is 11.3 Å². The minimum absolute atomic E-state index is 0.712. The Balaban J connectivity index is 2.66. The quantitative estimate of drug-likeness (QED) is 0.686. The molecule has 1 aromatic carbocycles. The average Bonchev–Trinajstić information content (AvgIpc) is 2.54. The highest BCUT2D eigenvalue weighted by atomic mass is 127. The van der Waals surface area contributed by atoms with Gasteiger partial charge >= 0.3 is 0 Å². The van der Waals surface area contributed by atoms with Crippen molar-refractivity contribution in [3.05, 3.63) is 25.6 Å². The third-order valence-electron chi connectivity index (χ3n) is 1.90. The van der Waals surface area contributed by atoms with Gasteiger partial charge in [0.2, 0.25) is 0 Å². The van der Waals surface area contributed by atoms with E-state index in [4.69, 9.17) is 4.74 Å². The van der Waals surface area contributed by atoms with Gasteiger partial charge in [-0.25, -0.2) is 0 Å². The largest absolute Gasteiger partial charge is 0.493 e. The monoisotopic (exact) mass is 382 g/mol. The molecule has 14 heavy (non-hydrogen) atoms. The number of hydrogen-bond acceptors (Lipinski definition) is 2. The van der Waals surface area contributed by atoms with Crippen molar-refractivity contribution in [3.8, 4) is 5.75 Å². The Morgan fingerprint density at radius 3 is 3.00 bits per heavy atom. The van der Waals surface area contributed by atoms with Crippen LogP contribution < -0.4 is 4.74 Å². The SMILES string of the molecule is CCOc1ccc2scc(Br)c2c1I. The standard InChI is InChI=1S/C10H8BrIOS/c1-2-13-7-3-4-8-9(10(7)12)6(11)5-14-8/h3-5H,2H2,1H3. The van der Waals surface area contributed by atoms with Crippen molar-refractivity contribution < 1.29 is 4.74 Å². The highest BCUT2D eigenvalue weighted by molar-refractivity contribution is 14.1. The summed E-state index contributed by atoms with van der Waals surface area (Å²) in [5.41, 5.74) is 0. The Bertz CT molecular complexity index is 466. The minimum Gasteiger partial charge on any atom is -0.493 e. The summed E-state index contributed by atoms with van der Waals surface area (Å²) in [7, 11) is 0. The first kappa shape index (κ1) is 10.7. The molecule has 1 heterocycles. The van der Waals surface area contributed by atoms with Gasteiger partial charge in [-0.05, 0) is 57.6 Å². The van der Waals surface area contributed by atoms with Crippen molar-refractivity contribution in [1.82, 2.24) is 0 Å². The van der Waals surface area contributed by atoms with Gasteiger partial charge in [-0.2, -0.15) is 0 Å². The Hall–Kier alpha value is 0.190. The molecular weight excluding hydrogens is 375 g/mol. The van der Waals surface area contributed by atoms with Crippen molar-refractivity contribution in [2.24, 2.45) is 0 Å². The fraction of sp³-hybridized carbons (Fsp3) is 0.200. The molecule has 4 heteroatoms. The van der Waals surface area contributed by atoms with Gasteiger partial charge < -0.3 is 4.74 Å². The Kier molecular flexibility index (Phi) is 3.34. The molecule has 0 atom stereocenters. The third-order valence-corrected chi connectivity index (χ3v) is 4.84. The number of halogens is 2. The highest BCUT2D eigenvalue weighted by Crippen LogP contribution is 2.38. The van der Waals surface area contributed by atoms with E-state index in [1.165, 1.54) is 13.7 Å². The van der Waals surface area contributed by atoms with E-state index in [0.29, 0.717) is 6.61 Å². The van der Waals surface area contributed by atoms with E-state index < -0.39 is 0 Å². The molecule has 0 aliphatic carbocycles. The first-order chi connectivity index (χ1) is 6.74. The van der Waals surface area contributed by atoms with Crippen LogP contribution in [-0.2, 0) is 0 Å². The third kappa shape index (κ3) is 1.79. The molecule has 0 N–H and O–H groups in total. The summed E-state index contributed by atoms with van der Waals surface area (Å²) in [5.74, 6) is 0.972. The molecule has 1 nitrogen and oxygen atoms in total. The average molecular weight is 383 g/mol. The van der Waals surface area contributed by atoms with Gasteiger partial charge in [0, 0.05) is 19.9 Å². The van der Waals surface area contributed by atoms with E-state index in [-0.39, 0.29) is 0 Å². The lowest BCUT2D eigenvalue weighted by molar-refractivity contribution is 0.338. The van der Waals surface area contributed by atoms with Gasteiger partial charge in [0.25, 0.3) is 0 Å². The smallest absolute Gasteiger partial charge is 0.133 e. The van der Waals surface area contributed by atoms with Crippen LogP contribution in [0.3, 0.4) is 0 Å². The lowest BCUT2D eigenvalue weighted by Crippen LogP contribution is -1.93. The van der Waals surface area contributed by atoms with Crippen molar-refractivity contribution in [2.45, 2.75) is 6.92 Å².